The zero-order chi connectivity index (χ0) is 11.4. The molecular weight excluding hydrogens is 218 g/mol. The van der Waals surface area contributed by atoms with Crippen LogP contribution in [0, 0.1) is 0 Å². The van der Waals surface area contributed by atoms with Gasteiger partial charge in [-0.15, -0.1) is 12.6 Å². The highest BCUT2D eigenvalue weighted by Crippen LogP contribution is 2.20. The first-order chi connectivity index (χ1) is 7.00. The molecule has 0 bridgehead atoms. The van der Waals surface area contributed by atoms with Gasteiger partial charge in [0.2, 0.25) is 0 Å². The van der Waals surface area contributed by atoms with Gasteiger partial charge in [0.25, 0.3) is 0 Å². The van der Waals surface area contributed by atoms with Gasteiger partial charge in [-0.05, 0) is 0 Å². The quantitative estimate of drug-likeness (QED) is 0.649. The first-order valence-electron chi connectivity index (χ1n) is 4.31. The van der Waals surface area contributed by atoms with Gasteiger partial charge >= 0.3 is 0 Å². The highest BCUT2D eigenvalue weighted by atomic mass is 32.1. The van der Waals surface area contributed by atoms with Crippen LogP contribution in [0.25, 0.3) is 0 Å². The summed E-state index contributed by atoms with van der Waals surface area (Å²) in [6.45, 7) is -0.147. The average molecular weight is 229 g/mol. The van der Waals surface area contributed by atoms with Gasteiger partial charge in [0.15, 0.2) is 22.7 Å². The predicted molar refractivity (Wildman–Crippen MR) is 56.0 cm³/mol. The van der Waals surface area contributed by atoms with Gasteiger partial charge < -0.3 is 10.2 Å². The highest BCUT2D eigenvalue weighted by molar-refractivity contribution is 7.96. The van der Waals surface area contributed by atoms with Gasteiger partial charge in [-0.3, -0.25) is 14.2 Å². The molecule has 0 spiro atoms. The molecule has 0 aromatic carbocycles. The molecule has 0 saturated carbocycles. The van der Waals surface area contributed by atoms with Crippen LogP contribution in [0.3, 0.4) is 0 Å². The number of hydrogen-bond acceptors (Lipinski definition) is 4. The summed E-state index contributed by atoms with van der Waals surface area (Å²) in [5.74, 6) is -0.615. The molecule has 0 amide bonds. The number of rotatable bonds is 5. The summed E-state index contributed by atoms with van der Waals surface area (Å²) in [7, 11) is 0. The third-order valence-electron chi connectivity index (χ3n) is 1.89. The number of hydrogen-bond donors (Lipinski definition) is 3. The molecule has 0 aliphatic rings. The van der Waals surface area contributed by atoms with E-state index in [2.05, 4.69) is 12.6 Å². The van der Waals surface area contributed by atoms with E-state index < -0.39 is 0 Å². The fraction of sp³-hybridized carbons (Fsp3) is 0.333. The molecule has 0 fully saturated rings. The van der Waals surface area contributed by atoms with Crippen LogP contribution in [-0.4, -0.2) is 25.7 Å². The molecule has 0 aliphatic carbocycles. The Kier molecular flexibility index (Phi) is 3.79. The first-order valence-corrected chi connectivity index (χ1v) is 4.76. The normalized spacial score (nSPS) is 10.2. The zero-order valence-electron chi connectivity index (χ0n) is 7.88. The molecule has 82 valence electrons. The zero-order valence-corrected chi connectivity index (χ0v) is 8.78. The molecular formula is C9H11NO4S. The number of aromatic nitrogens is 1. The van der Waals surface area contributed by atoms with Crippen LogP contribution < -0.4 is 0 Å². The molecule has 15 heavy (non-hydrogen) atoms. The summed E-state index contributed by atoms with van der Waals surface area (Å²) in [6, 6.07) is 2.57. The lowest BCUT2D eigenvalue weighted by molar-refractivity contribution is -0.121. The van der Waals surface area contributed by atoms with Crippen molar-refractivity contribution in [3.05, 3.63) is 12.1 Å². The van der Waals surface area contributed by atoms with Gasteiger partial charge in [-0.1, -0.05) is 0 Å². The lowest BCUT2D eigenvalue weighted by Crippen LogP contribution is -2.10. The Hall–Kier alpha value is -1.43. The Balaban J connectivity index is 2.55. The summed E-state index contributed by atoms with van der Waals surface area (Å²) in [5.41, 5.74) is 0. The van der Waals surface area contributed by atoms with E-state index in [1.165, 1.54) is 12.1 Å². The van der Waals surface area contributed by atoms with Crippen molar-refractivity contribution in [3.63, 3.8) is 0 Å². The Morgan fingerprint density at radius 3 is 2.20 bits per heavy atom. The van der Waals surface area contributed by atoms with Crippen LogP contribution in [0.1, 0.15) is 12.8 Å². The van der Waals surface area contributed by atoms with Crippen molar-refractivity contribution < 1.29 is 19.8 Å². The van der Waals surface area contributed by atoms with Crippen molar-refractivity contribution in [2.75, 3.05) is 0 Å². The molecule has 1 aromatic heterocycles. The van der Waals surface area contributed by atoms with Gasteiger partial charge in [-0.2, -0.15) is 0 Å². The number of Topliss-reactive ketones (excluding diaryl/α,β-unsaturated/α-hetero) is 1. The van der Waals surface area contributed by atoms with Gasteiger partial charge in [0.05, 0.1) is 6.54 Å². The summed E-state index contributed by atoms with van der Waals surface area (Å²) >= 11 is 3.53. The number of carbonyl (C=O) groups is 2. The van der Waals surface area contributed by atoms with Crippen LogP contribution in [0.5, 0.6) is 11.8 Å². The van der Waals surface area contributed by atoms with Gasteiger partial charge in [0, 0.05) is 25.0 Å². The minimum absolute atomic E-state index is 0.0550. The fourth-order valence-electron chi connectivity index (χ4n) is 1.11. The lowest BCUT2D eigenvalue weighted by Gasteiger charge is -2.04. The number of ketones is 1. The Bertz CT molecular complexity index is 366. The third kappa shape index (κ3) is 3.32. The maximum absolute atomic E-state index is 11.3. The molecule has 5 nitrogen and oxygen atoms in total. The lowest BCUT2D eigenvalue weighted by atomic mass is 10.2. The molecule has 0 aliphatic heterocycles. The van der Waals surface area contributed by atoms with Crippen LogP contribution >= 0.6 is 12.6 Å². The van der Waals surface area contributed by atoms with Crippen molar-refractivity contribution in [2.24, 2.45) is 0 Å². The van der Waals surface area contributed by atoms with Crippen LogP contribution in [0.4, 0.5) is 0 Å². The van der Waals surface area contributed by atoms with E-state index in [0.29, 0.717) is 0 Å². The van der Waals surface area contributed by atoms with E-state index in [4.69, 9.17) is 0 Å². The maximum atomic E-state index is 11.3. The molecule has 1 aromatic rings. The minimum Gasteiger partial charge on any atom is -0.494 e. The molecule has 1 rings (SSSR count). The molecule has 0 unspecified atom stereocenters. The van der Waals surface area contributed by atoms with Crippen molar-refractivity contribution in [1.29, 1.82) is 0 Å². The van der Waals surface area contributed by atoms with E-state index in [9.17, 15) is 19.8 Å². The Morgan fingerprint density at radius 2 is 1.73 bits per heavy atom. The van der Waals surface area contributed by atoms with Crippen molar-refractivity contribution >= 4 is 23.5 Å². The second kappa shape index (κ2) is 4.88. The first kappa shape index (κ1) is 11.6. The number of carbonyl (C=O) groups excluding carboxylic acids is 2. The topological polar surface area (TPSA) is 79.5 Å². The van der Waals surface area contributed by atoms with E-state index in [-0.39, 0.29) is 42.0 Å². The summed E-state index contributed by atoms with van der Waals surface area (Å²) in [5, 5.41) is 18.1. The Morgan fingerprint density at radius 1 is 1.20 bits per heavy atom. The van der Waals surface area contributed by atoms with E-state index in [1.807, 2.05) is 0 Å². The predicted octanol–water partition coefficient (Wildman–Crippen LogP) is 0.705. The molecule has 0 radical (unpaired) electrons. The summed E-state index contributed by atoms with van der Waals surface area (Å²) in [4.78, 5) is 21.8. The van der Waals surface area contributed by atoms with E-state index >= 15 is 0 Å². The van der Waals surface area contributed by atoms with Gasteiger partial charge in [-0.25, -0.2) is 0 Å². The highest BCUT2D eigenvalue weighted by Gasteiger charge is 2.11. The summed E-state index contributed by atoms with van der Waals surface area (Å²) in [6.07, 6.45) is 0.115. The van der Waals surface area contributed by atoms with E-state index in [1.54, 1.807) is 0 Å². The Labute approximate surface area is 91.7 Å². The fourth-order valence-corrected chi connectivity index (χ4v) is 1.22. The van der Waals surface area contributed by atoms with Crippen LogP contribution in [0.15, 0.2) is 12.1 Å². The molecule has 0 atom stereocenters. The number of nitrogens with zero attached hydrogens (tertiary/aromatic N) is 1. The average Bonchev–Trinajstić information content (AvgIpc) is 2.46. The molecule has 6 heteroatoms. The largest absolute Gasteiger partial charge is 0.494 e. The SMILES string of the molecule is O=C(S)CCC(=O)Cn1c(O)ccc1O. The van der Waals surface area contributed by atoms with Crippen LogP contribution in [-0.2, 0) is 16.1 Å². The second-order valence-electron chi connectivity index (χ2n) is 3.07. The molecule has 1 heterocycles. The van der Waals surface area contributed by atoms with Crippen molar-refractivity contribution in [3.8, 4) is 11.8 Å². The van der Waals surface area contributed by atoms with Crippen LogP contribution in [0.2, 0.25) is 0 Å². The van der Waals surface area contributed by atoms with E-state index in [0.717, 1.165) is 4.57 Å². The van der Waals surface area contributed by atoms with Crippen molar-refractivity contribution in [1.82, 2.24) is 4.57 Å². The monoisotopic (exact) mass is 229 g/mol. The second-order valence-corrected chi connectivity index (χ2v) is 3.57. The summed E-state index contributed by atoms with van der Waals surface area (Å²) < 4.78 is 1.06. The number of thiol groups is 1. The maximum Gasteiger partial charge on any atom is 0.194 e. The third-order valence-corrected chi connectivity index (χ3v) is 2.11. The van der Waals surface area contributed by atoms with Gasteiger partial charge in [0.1, 0.15) is 0 Å². The van der Waals surface area contributed by atoms with Crippen molar-refractivity contribution in [2.45, 2.75) is 19.4 Å². The molecule has 0 saturated heterocycles. The standard InChI is InChI=1S/C9H11NO4S/c11-6(1-4-9(14)15)5-10-7(12)2-3-8(10)13/h2-3,12-13H,1,4-5H2,(H,14,15). The molecule has 2 N–H and O–H groups in total. The minimum atomic E-state index is -0.357. The smallest absolute Gasteiger partial charge is 0.194 e. The number of aromatic hydroxyl groups is 2.